The van der Waals surface area contributed by atoms with Crippen molar-refractivity contribution < 1.29 is 27.1 Å². The Morgan fingerprint density at radius 3 is 2.15 bits per heavy atom. The molecule has 0 bridgehead atoms. The highest BCUT2D eigenvalue weighted by Crippen LogP contribution is 2.23. The minimum atomic E-state index is -3.63. The number of hydrogen-bond acceptors (Lipinski definition) is 5. The van der Waals surface area contributed by atoms with E-state index in [0.717, 1.165) is 6.26 Å². The van der Waals surface area contributed by atoms with E-state index in [1.54, 1.807) is 32.0 Å². The van der Waals surface area contributed by atoms with E-state index in [1.165, 1.54) is 52.8 Å². The van der Waals surface area contributed by atoms with Gasteiger partial charge in [-0.2, -0.15) is 0 Å². The molecule has 9 heteroatoms. The number of aryl methyl sites for hydroxylation is 1. The molecule has 0 spiro atoms. The predicted octanol–water partition coefficient (Wildman–Crippen LogP) is 4.53. The molecule has 0 aliphatic carbocycles. The average Bonchev–Trinajstić information content (AvgIpc) is 2.79. The van der Waals surface area contributed by atoms with Gasteiger partial charge in [0.05, 0.1) is 30.7 Å². The number of rotatable bonds is 8. The van der Waals surface area contributed by atoms with E-state index >= 15 is 0 Å². The van der Waals surface area contributed by atoms with Gasteiger partial charge in [0.25, 0.3) is 5.91 Å². The third-order valence-corrected chi connectivity index (χ3v) is 6.18. The summed E-state index contributed by atoms with van der Waals surface area (Å²) >= 11 is 0. The fourth-order valence-corrected chi connectivity index (χ4v) is 4.16. The number of nitrogens with one attached hydrogen (secondary N) is 1. The first kappa shape index (κ1) is 24.9. The number of hydrogen-bond donors (Lipinski definition) is 1. The van der Waals surface area contributed by atoms with Crippen LogP contribution in [0.1, 0.15) is 38.8 Å². The zero-order valence-corrected chi connectivity index (χ0v) is 19.9. The van der Waals surface area contributed by atoms with Crippen molar-refractivity contribution in [2.75, 3.05) is 22.5 Å². The minimum absolute atomic E-state index is 0.0245. The van der Waals surface area contributed by atoms with E-state index in [9.17, 15) is 22.4 Å². The van der Waals surface area contributed by atoms with Crippen molar-refractivity contribution in [2.45, 2.75) is 20.4 Å². The highest BCUT2D eigenvalue weighted by atomic mass is 32.2. The van der Waals surface area contributed by atoms with Crippen LogP contribution in [-0.4, -0.2) is 33.2 Å². The van der Waals surface area contributed by atoms with Gasteiger partial charge in [0, 0.05) is 11.3 Å². The van der Waals surface area contributed by atoms with Crippen LogP contribution < -0.4 is 9.62 Å². The first-order valence-corrected chi connectivity index (χ1v) is 12.3. The molecule has 0 saturated heterocycles. The van der Waals surface area contributed by atoms with Gasteiger partial charge in [0.15, 0.2) is 0 Å². The SMILES string of the molecule is CCOC(=O)c1ccc(NC(=O)c2ccc(N(Cc3ccc(F)cc3)S(C)(=O)=O)cc2)c(C)c1. The van der Waals surface area contributed by atoms with Crippen LogP contribution in [0.5, 0.6) is 0 Å². The van der Waals surface area contributed by atoms with Crippen molar-refractivity contribution in [3.63, 3.8) is 0 Å². The van der Waals surface area contributed by atoms with Gasteiger partial charge in [-0.3, -0.25) is 9.10 Å². The summed E-state index contributed by atoms with van der Waals surface area (Å²) in [6.45, 7) is 3.78. The number of sulfonamides is 1. The Kier molecular flexibility index (Phi) is 7.68. The van der Waals surface area contributed by atoms with Gasteiger partial charge in [0.2, 0.25) is 10.0 Å². The van der Waals surface area contributed by atoms with E-state index in [-0.39, 0.29) is 19.1 Å². The minimum Gasteiger partial charge on any atom is -0.462 e. The summed E-state index contributed by atoms with van der Waals surface area (Å²) in [6, 6.07) is 16.5. The molecule has 3 rings (SSSR count). The van der Waals surface area contributed by atoms with Crippen LogP contribution in [0.3, 0.4) is 0 Å². The summed E-state index contributed by atoms with van der Waals surface area (Å²) in [6.07, 6.45) is 1.08. The predicted molar refractivity (Wildman–Crippen MR) is 129 cm³/mol. The van der Waals surface area contributed by atoms with Crippen LogP contribution >= 0.6 is 0 Å². The normalized spacial score (nSPS) is 11.1. The van der Waals surface area contributed by atoms with E-state index in [1.807, 2.05) is 0 Å². The molecule has 0 aliphatic heterocycles. The van der Waals surface area contributed by atoms with Crippen molar-refractivity contribution in [3.05, 3.63) is 94.8 Å². The highest BCUT2D eigenvalue weighted by molar-refractivity contribution is 7.92. The Balaban J connectivity index is 1.76. The first-order valence-electron chi connectivity index (χ1n) is 10.5. The van der Waals surface area contributed by atoms with Crippen LogP contribution in [0.4, 0.5) is 15.8 Å². The smallest absolute Gasteiger partial charge is 0.338 e. The summed E-state index contributed by atoms with van der Waals surface area (Å²) in [4.78, 5) is 24.6. The monoisotopic (exact) mass is 484 g/mol. The van der Waals surface area contributed by atoms with Crippen molar-refractivity contribution >= 4 is 33.3 Å². The summed E-state index contributed by atoms with van der Waals surface area (Å²) < 4.78 is 44.1. The van der Waals surface area contributed by atoms with Gasteiger partial charge >= 0.3 is 5.97 Å². The molecule has 0 aliphatic rings. The topological polar surface area (TPSA) is 92.8 Å². The number of halogens is 1. The van der Waals surface area contributed by atoms with Crippen molar-refractivity contribution in [2.24, 2.45) is 0 Å². The van der Waals surface area contributed by atoms with Crippen LogP contribution in [-0.2, 0) is 21.3 Å². The quantitative estimate of drug-likeness (QED) is 0.474. The number of esters is 1. The number of amides is 1. The third kappa shape index (κ3) is 6.20. The van der Waals surface area contributed by atoms with Gasteiger partial charge in [-0.05, 0) is 79.6 Å². The average molecular weight is 485 g/mol. The van der Waals surface area contributed by atoms with Crippen LogP contribution in [0.25, 0.3) is 0 Å². The molecular formula is C25H25FN2O5S. The number of carbonyl (C=O) groups excluding carboxylic acids is 2. The molecule has 0 atom stereocenters. The third-order valence-electron chi connectivity index (χ3n) is 5.04. The zero-order chi connectivity index (χ0) is 24.9. The molecule has 0 heterocycles. The lowest BCUT2D eigenvalue weighted by Crippen LogP contribution is -2.29. The molecule has 7 nitrogen and oxygen atoms in total. The number of anilines is 2. The molecule has 34 heavy (non-hydrogen) atoms. The molecule has 0 radical (unpaired) electrons. The second-order valence-electron chi connectivity index (χ2n) is 7.65. The van der Waals surface area contributed by atoms with E-state index in [4.69, 9.17) is 4.74 Å². The molecule has 3 aromatic rings. The Morgan fingerprint density at radius 1 is 0.971 bits per heavy atom. The molecule has 0 saturated carbocycles. The van der Waals surface area contributed by atoms with Gasteiger partial charge in [-0.1, -0.05) is 12.1 Å². The van der Waals surface area contributed by atoms with Crippen LogP contribution in [0, 0.1) is 12.7 Å². The number of benzene rings is 3. The molecule has 1 amide bonds. The number of carbonyl (C=O) groups is 2. The summed E-state index contributed by atoms with van der Waals surface area (Å²) in [5.74, 6) is -1.23. The van der Waals surface area contributed by atoms with Crippen molar-refractivity contribution in [1.82, 2.24) is 0 Å². The molecule has 1 N–H and O–H groups in total. The maximum atomic E-state index is 13.2. The van der Waals surface area contributed by atoms with E-state index in [2.05, 4.69) is 5.32 Å². The summed E-state index contributed by atoms with van der Waals surface area (Å²) in [7, 11) is -3.63. The van der Waals surface area contributed by atoms with Gasteiger partial charge in [-0.15, -0.1) is 0 Å². The molecule has 0 aromatic heterocycles. The van der Waals surface area contributed by atoms with Crippen molar-refractivity contribution in [3.8, 4) is 0 Å². The Bertz CT molecular complexity index is 1290. The number of ether oxygens (including phenoxy) is 1. The van der Waals surface area contributed by atoms with E-state index in [0.29, 0.717) is 33.6 Å². The summed E-state index contributed by atoms with van der Waals surface area (Å²) in [5, 5.41) is 2.79. The Morgan fingerprint density at radius 2 is 1.59 bits per heavy atom. The maximum absolute atomic E-state index is 13.2. The van der Waals surface area contributed by atoms with Gasteiger partial charge < -0.3 is 10.1 Å². The van der Waals surface area contributed by atoms with Crippen LogP contribution in [0.2, 0.25) is 0 Å². The molecule has 0 fully saturated rings. The van der Waals surface area contributed by atoms with Gasteiger partial charge in [-0.25, -0.2) is 17.6 Å². The largest absolute Gasteiger partial charge is 0.462 e. The molecule has 178 valence electrons. The van der Waals surface area contributed by atoms with Crippen molar-refractivity contribution in [1.29, 1.82) is 0 Å². The lowest BCUT2D eigenvalue weighted by atomic mass is 10.1. The zero-order valence-electron chi connectivity index (χ0n) is 19.0. The lowest BCUT2D eigenvalue weighted by Gasteiger charge is -2.23. The molecule has 3 aromatic carbocycles. The fraction of sp³-hybridized carbons (Fsp3) is 0.200. The lowest BCUT2D eigenvalue weighted by molar-refractivity contribution is 0.0526. The Hall–Kier alpha value is -3.72. The first-order chi connectivity index (χ1) is 16.1. The second kappa shape index (κ2) is 10.5. The number of nitrogens with zero attached hydrogens (tertiary/aromatic N) is 1. The standard InChI is InChI=1S/C25H25FN2O5S/c1-4-33-25(30)20-9-14-23(17(2)15-20)27-24(29)19-7-12-22(13-8-19)28(34(3,31)32)16-18-5-10-21(26)11-6-18/h5-15H,4,16H2,1-3H3,(H,27,29). The molecule has 0 unspecified atom stereocenters. The van der Waals surface area contributed by atoms with Crippen LogP contribution in [0.15, 0.2) is 66.7 Å². The Labute approximate surface area is 198 Å². The second-order valence-corrected chi connectivity index (χ2v) is 9.55. The maximum Gasteiger partial charge on any atom is 0.338 e. The van der Waals surface area contributed by atoms with E-state index < -0.39 is 21.8 Å². The van der Waals surface area contributed by atoms with Gasteiger partial charge in [0.1, 0.15) is 5.82 Å². The summed E-state index contributed by atoms with van der Waals surface area (Å²) in [5.41, 5.74) is 2.94. The molecular weight excluding hydrogens is 459 g/mol. The highest BCUT2D eigenvalue weighted by Gasteiger charge is 2.19. The fourth-order valence-electron chi connectivity index (χ4n) is 3.27.